The summed E-state index contributed by atoms with van der Waals surface area (Å²) in [6, 6.07) is 14.9. The molecule has 3 aromatic carbocycles. The third-order valence-electron chi connectivity index (χ3n) is 5.92. The van der Waals surface area contributed by atoms with E-state index in [9.17, 15) is 4.79 Å². The highest BCUT2D eigenvalue weighted by Crippen LogP contribution is 2.40. The number of allylic oxidation sites excluding steroid dienone is 1. The number of thioether (sulfide) groups is 1. The molecule has 0 aromatic heterocycles. The minimum absolute atomic E-state index is 0.203. The largest absolute Gasteiger partial charge is 0.493 e. The van der Waals surface area contributed by atoms with Gasteiger partial charge in [-0.05, 0) is 98.1 Å². The fourth-order valence-electron chi connectivity index (χ4n) is 3.98. The molecule has 4 rings (SSSR count). The maximum absolute atomic E-state index is 13.8. The molecule has 1 aliphatic heterocycles. The fraction of sp³-hybridized carbons (Fsp3) is 0.200. The zero-order valence-corrected chi connectivity index (χ0v) is 24.0. The van der Waals surface area contributed by atoms with E-state index in [4.69, 9.17) is 37.7 Å². The van der Waals surface area contributed by atoms with Gasteiger partial charge in [0.25, 0.3) is 5.91 Å². The molecule has 3 aromatic rings. The summed E-state index contributed by atoms with van der Waals surface area (Å²) >= 11 is 14.1. The molecule has 0 aliphatic carbocycles. The summed E-state index contributed by atoms with van der Waals surface area (Å²) in [7, 11) is 1.61. The van der Waals surface area contributed by atoms with Gasteiger partial charge in [-0.25, -0.2) is 4.99 Å². The average molecular weight is 568 g/mol. The van der Waals surface area contributed by atoms with Gasteiger partial charge in [-0.2, -0.15) is 0 Å². The number of amides is 1. The van der Waals surface area contributed by atoms with Crippen LogP contribution in [0, 0.1) is 13.8 Å². The van der Waals surface area contributed by atoms with Gasteiger partial charge in [-0.3, -0.25) is 9.69 Å². The number of nitrogens with zero attached hydrogens (tertiary/aromatic N) is 2. The number of hydrogen-bond donors (Lipinski definition) is 0. The molecule has 1 fully saturated rings. The van der Waals surface area contributed by atoms with Crippen molar-refractivity contribution < 1.29 is 14.3 Å². The molecule has 1 aliphatic rings. The van der Waals surface area contributed by atoms with E-state index >= 15 is 0 Å². The lowest BCUT2D eigenvalue weighted by molar-refractivity contribution is -0.113. The Bertz CT molecular complexity index is 1470. The lowest BCUT2D eigenvalue weighted by Crippen LogP contribution is -2.28. The summed E-state index contributed by atoms with van der Waals surface area (Å²) in [5.41, 5.74) is 4.89. The van der Waals surface area contributed by atoms with Crippen LogP contribution < -0.4 is 14.4 Å². The molecule has 0 radical (unpaired) electrons. The first-order chi connectivity index (χ1) is 18.2. The average Bonchev–Trinajstić information content (AvgIpc) is 3.17. The van der Waals surface area contributed by atoms with Gasteiger partial charge in [-0.1, -0.05) is 41.4 Å². The van der Waals surface area contributed by atoms with Crippen LogP contribution in [0.15, 0.2) is 71.1 Å². The third-order valence-corrected chi connectivity index (χ3v) is 7.70. The molecule has 38 heavy (non-hydrogen) atoms. The second kappa shape index (κ2) is 12.1. The molecule has 1 amide bonds. The standard InChI is InChI=1S/C30H28Cl2N2O3S/c1-6-8-21-13-20(14-26(37-7-2)28(21)36-5)15-27-29(35)34(23-12-10-19(4)25(32)17-23)30(38-27)33-22-11-9-18(3)24(31)16-22/h6,9-17H,1,7-8H2,2-5H3/b27-15+,33-30?. The second-order valence-corrected chi connectivity index (χ2v) is 10.5. The van der Waals surface area contributed by atoms with Crippen molar-refractivity contribution >= 4 is 63.5 Å². The molecule has 0 unspecified atom stereocenters. The number of carbonyl (C=O) groups excluding carboxylic acids is 1. The van der Waals surface area contributed by atoms with Gasteiger partial charge in [-0.15, -0.1) is 6.58 Å². The highest BCUT2D eigenvalue weighted by Gasteiger charge is 2.35. The van der Waals surface area contributed by atoms with E-state index in [2.05, 4.69) is 6.58 Å². The van der Waals surface area contributed by atoms with Gasteiger partial charge >= 0.3 is 0 Å². The smallest absolute Gasteiger partial charge is 0.271 e. The molecule has 5 nitrogen and oxygen atoms in total. The van der Waals surface area contributed by atoms with Gasteiger partial charge in [0.1, 0.15) is 0 Å². The topological polar surface area (TPSA) is 51.1 Å². The van der Waals surface area contributed by atoms with Crippen LogP contribution in [0.3, 0.4) is 0 Å². The number of methoxy groups -OCH3 is 1. The number of amidine groups is 1. The fourth-order valence-corrected chi connectivity index (χ4v) is 5.33. The maximum atomic E-state index is 13.8. The van der Waals surface area contributed by atoms with Crippen LogP contribution in [0.25, 0.3) is 6.08 Å². The zero-order chi connectivity index (χ0) is 27.4. The number of ether oxygens (including phenoxy) is 2. The minimum Gasteiger partial charge on any atom is -0.493 e. The van der Waals surface area contributed by atoms with Crippen LogP contribution >= 0.6 is 35.0 Å². The number of benzene rings is 3. The Hall–Kier alpha value is -3.19. The van der Waals surface area contributed by atoms with Crippen molar-refractivity contribution in [1.29, 1.82) is 0 Å². The van der Waals surface area contributed by atoms with Crippen molar-refractivity contribution in [2.75, 3.05) is 18.6 Å². The van der Waals surface area contributed by atoms with E-state index in [1.807, 2.05) is 63.2 Å². The summed E-state index contributed by atoms with van der Waals surface area (Å²) in [6.07, 6.45) is 4.24. The number of halogens is 2. The molecule has 0 spiro atoms. The van der Waals surface area contributed by atoms with Crippen molar-refractivity contribution in [3.05, 3.63) is 98.4 Å². The quantitative estimate of drug-likeness (QED) is 0.202. The van der Waals surface area contributed by atoms with E-state index in [1.54, 1.807) is 30.2 Å². The number of aliphatic imine (C=N–C) groups is 1. The summed E-state index contributed by atoms with van der Waals surface area (Å²) in [6.45, 7) is 10.1. The van der Waals surface area contributed by atoms with Crippen LogP contribution in [0.2, 0.25) is 10.0 Å². The summed E-state index contributed by atoms with van der Waals surface area (Å²) in [5.74, 6) is 1.07. The Balaban J connectivity index is 1.83. The molecular formula is C30H28Cl2N2O3S. The Morgan fingerprint density at radius 2 is 1.76 bits per heavy atom. The van der Waals surface area contributed by atoms with Gasteiger partial charge in [0.05, 0.1) is 30.0 Å². The first kappa shape index (κ1) is 27.8. The monoisotopic (exact) mass is 566 g/mol. The SMILES string of the molecule is C=CCc1cc(/C=C2/SC(=Nc3ccc(C)c(Cl)c3)N(c3ccc(C)c(Cl)c3)C2=O)cc(OCC)c1OC. The Morgan fingerprint density at radius 1 is 1.05 bits per heavy atom. The van der Waals surface area contributed by atoms with Crippen molar-refractivity contribution in [3.63, 3.8) is 0 Å². The summed E-state index contributed by atoms with van der Waals surface area (Å²) in [4.78, 5) is 20.7. The van der Waals surface area contributed by atoms with Gasteiger partial charge in [0, 0.05) is 15.6 Å². The van der Waals surface area contributed by atoms with Gasteiger partial charge in [0.2, 0.25) is 0 Å². The summed E-state index contributed by atoms with van der Waals surface area (Å²) < 4.78 is 11.4. The minimum atomic E-state index is -0.203. The van der Waals surface area contributed by atoms with Crippen LogP contribution in [0.5, 0.6) is 11.5 Å². The first-order valence-electron chi connectivity index (χ1n) is 12.0. The number of anilines is 1. The highest BCUT2D eigenvalue weighted by molar-refractivity contribution is 8.19. The molecule has 8 heteroatoms. The van der Waals surface area contributed by atoms with E-state index < -0.39 is 0 Å². The van der Waals surface area contributed by atoms with Crippen LogP contribution in [0.1, 0.15) is 29.2 Å². The van der Waals surface area contributed by atoms with Crippen LogP contribution in [0.4, 0.5) is 11.4 Å². The molecule has 1 heterocycles. The van der Waals surface area contributed by atoms with Crippen molar-refractivity contribution in [3.8, 4) is 11.5 Å². The van der Waals surface area contributed by atoms with Crippen LogP contribution in [-0.4, -0.2) is 24.8 Å². The number of aryl methyl sites for hydroxylation is 2. The Kier molecular flexibility index (Phi) is 8.87. The highest BCUT2D eigenvalue weighted by atomic mass is 35.5. The number of carbonyl (C=O) groups is 1. The molecule has 0 saturated carbocycles. The molecule has 196 valence electrons. The van der Waals surface area contributed by atoms with Crippen molar-refractivity contribution in [1.82, 2.24) is 0 Å². The number of hydrogen-bond acceptors (Lipinski definition) is 5. The molecule has 0 N–H and O–H groups in total. The van der Waals surface area contributed by atoms with E-state index in [0.29, 0.717) is 56.0 Å². The molecule has 0 bridgehead atoms. The van der Waals surface area contributed by atoms with Crippen molar-refractivity contribution in [2.45, 2.75) is 27.2 Å². The van der Waals surface area contributed by atoms with Crippen LogP contribution in [-0.2, 0) is 11.2 Å². The molecule has 1 saturated heterocycles. The van der Waals surface area contributed by atoms with Gasteiger partial charge < -0.3 is 9.47 Å². The molecule has 0 atom stereocenters. The lowest BCUT2D eigenvalue weighted by atomic mass is 10.0. The van der Waals surface area contributed by atoms with Gasteiger partial charge in [0.15, 0.2) is 16.7 Å². The lowest BCUT2D eigenvalue weighted by Gasteiger charge is -2.17. The second-order valence-electron chi connectivity index (χ2n) is 8.65. The zero-order valence-electron chi connectivity index (χ0n) is 21.7. The van der Waals surface area contributed by atoms with Crippen molar-refractivity contribution in [2.24, 2.45) is 4.99 Å². The first-order valence-corrected chi connectivity index (χ1v) is 13.6. The van der Waals surface area contributed by atoms with E-state index in [0.717, 1.165) is 22.3 Å². The van der Waals surface area contributed by atoms with E-state index in [-0.39, 0.29) is 5.91 Å². The third kappa shape index (κ3) is 5.93. The predicted molar refractivity (Wildman–Crippen MR) is 161 cm³/mol. The molecular weight excluding hydrogens is 539 g/mol. The number of rotatable bonds is 8. The van der Waals surface area contributed by atoms with E-state index in [1.165, 1.54) is 11.8 Å². The predicted octanol–water partition coefficient (Wildman–Crippen LogP) is 8.55. The Morgan fingerprint density at radius 3 is 2.39 bits per heavy atom. The maximum Gasteiger partial charge on any atom is 0.271 e. The Labute approximate surface area is 237 Å². The normalized spacial score (nSPS) is 15.4. The summed E-state index contributed by atoms with van der Waals surface area (Å²) in [5, 5.41) is 1.69.